The van der Waals surface area contributed by atoms with Crippen molar-refractivity contribution in [2.24, 2.45) is 0 Å². The third-order valence-corrected chi connectivity index (χ3v) is 5.39. The molecule has 3 rings (SSSR count). The summed E-state index contributed by atoms with van der Waals surface area (Å²) < 4.78 is 18.8. The quantitative estimate of drug-likeness (QED) is 0.503. The first-order chi connectivity index (χ1) is 15.0. The number of benzene rings is 3. The van der Waals surface area contributed by atoms with Gasteiger partial charge in [-0.25, -0.2) is 4.39 Å². The van der Waals surface area contributed by atoms with Crippen molar-refractivity contribution in [1.82, 2.24) is 5.32 Å². The van der Waals surface area contributed by atoms with E-state index in [1.165, 1.54) is 30.8 Å². The van der Waals surface area contributed by atoms with Gasteiger partial charge >= 0.3 is 0 Å². The molecular formula is C24H23FN2O3S. The summed E-state index contributed by atoms with van der Waals surface area (Å²) in [6, 6.07) is 18.7. The summed E-state index contributed by atoms with van der Waals surface area (Å²) in [4.78, 5) is 26.0. The van der Waals surface area contributed by atoms with Crippen LogP contribution in [0.5, 0.6) is 5.75 Å². The van der Waals surface area contributed by atoms with Gasteiger partial charge in [0.1, 0.15) is 11.6 Å². The molecule has 31 heavy (non-hydrogen) atoms. The van der Waals surface area contributed by atoms with Gasteiger partial charge < -0.3 is 15.4 Å². The highest BCUT2D eigenvalue weighted by Gasteiger charge is 2.13. The summed E-state index contributed by atoms with van der Waals surface area (Å²) in [5.74, 6) is -0.0972. The highest BCUT2D eigenvalue weighted by atomic mass is 32.2. The summed E-state index contributed by atoms with van der Waals surface area (Å²) in [6.45, 7) is 4.17. The standard InChI is InChI=1S/C24H23FN2O3S/c1-3-30-22-7-5-4-6-18(22)15-26-24(29)17-8-13-23(21(14-17)27-16(2)28)31-20-11-9-19(25)10-12-20/h4-14H,3,15H2,1-2H3,(H,26,29)(H,27,28). The zero-order valence-electron chi connectivity index (χ0n) is 17.3. The Kier molecular flexibility index (Phi) is 7.67. The molecule has 0 saturated carbocycles. The average Bonchev–Trinajstić information content (AvgIpc) is 2.75. The lowest BCUT2D eigenvalue weighted by molar-refractivity contribution is -0.114. The third-order valence-electron chi connectivity index (χ3n) is 4.31. The van der Waals surface area contributed by atoms with Gasteiger partial charge in [-0.3, -0.25) is 9.59 Å². The second-order valence-corrected chi connectivity index (χ2v) is 7.79. The van der Waals surface area contributed by atoms with Crippen molar-refractivity contribution in [3.05, 3.63) is 83.7 Å². The number of halogens is 1. The number of nitrogens with one attached hydrogen (secondary N) is 2. The number of ether oxygens (including phenoxy) is 1. The van der Waals surface area contributed by atoms with Gasteiger partial charge in [-0.05, 0) is 55.5 Å². The van der Waals surface area contributed by atoms with Crippen molar-refractivity contribution < 1.29 is 18.7 Å². The molecule has 5 nitrogen and oxygen atoms in total. The summed E-state index contributed by atoms with van der Waals surface area (Å²) in [5, 5.41) is 5.66. The summed E-state index contributed by atoms with van der Waals surface area (Å²) in [6.07, 6.45) is 0. The predicted octanol–water partition coefficient (Wildman–Crippen LogP) is 5.26. The molecule has 2 amide bonds. The van der Waals surface area contributed by atoms with E-state index in [0.29, 0.717) is 24.4 Å². The minimum Gasteiger partial charge on any atom is -0.494 e. The molecule has 3 aromatic rings. The molecule has 0 aliphatic carbocycles. The third kappa shape index (κ3) is 6.33. The number of hydrogen-bond donors (Lipinski definition) is 2. The first-order valence-electron chi connectivity index (χ1n) is 9.80. The first-order valence-corrected chi connectivity index (χ1v) is 10.6. The largest absolute Gasteiger partial charge is 0.494 e. The van der Waals surface area contributed by atoms with E-state index < -0.39 is 0 Å². The average molecular weight is 439 g/mol. The van der Waals surface area contributed by atoms with Crippen LogP contribution in [0.2, 0.25) is 0 Å². The van der Waals surface area contributed by atoms with Crippen LogP contribution in [0.25, 0.3) is 0 Å². The van der Waals surface area contributed by atoms with Crippen molar-refractivity contribution in [2.75, 3.05) is 11.9 Å². The summed E-state index contributed by atoms with van der Waals surface area (Å²) in [7, 11) is 0. The van der Waals surface area contributed by atoms with Crippen molar-refractivity contribution in [2.45, 2.75) is 30.2 Å². The smallest absolute Gasteiger partial charge is 0.251 e. The van der Waals surface area contributed by atoms with E-state index >= 15 is 0 Å². The van der Waals surface area contributed by atoms with Crippen molar-refractivity contribution in [3.63, 3.8) is 0 Å². The Morgan fingerprint density at radius 1 is 1.03 bits per heavy atom. The van der Waals surface area contributed by atoms with Crippen LogP contribution in [0, 0.1) is 5.82 Å². The number of carbonyl (C=O) groups excluding carboxylic acids is 2. The van der Waals surface area contributed by atoms with E-state index in [0.717, 1.165) is 21.1 Å². The second-order valence-electron chi connectivity index (χ2n) is 6.67. The molecule has 0 radical (unpaired) electrons. The number of para-hydroxylation sites is 1. The Labute approximate surface area is 185 Å². The number of carbonyl (C=O) groups is 2. The Morgan fingerprint density at radius 2 is 1.77 bits per heavy atom. The molecule has 0 heterocycles. The van der Waals surface area contributed by atoms with E-state index in [-0.39, 0.29) is 17.6 Å². The summed E-state index contributed by atoms with van der Waals surface area (Å²) >= 11 is 1.37. The van der Waals surface area contributed by atoms with Crippen molar-refractivity contribution >= 4 is 29.3 Å². The van der Waals surface area contributed by atoms with Crippen LogP contribution in [0.15, 0.2) is 76.5 Å². The Balaban J connectivity index is 1.77. The van der Waals surface area contributed by atoms with Gasteiger partial charge in [0.25, 0.3) is 5.91 Å². The molecule has 3 aromatic carbocycles. The lowest BCUT2D eigenvalue weighted by Crippen LogP contribution is -2.23. The van der Waals surface area contributed by atoms with E-state index in [9.17, 15) is 14.0 Å². The van der Waals surface area contributed by atoms with E-state index in [1.54, 1.807) is 30.3 Å². The molecule has 7 heteroatoms. The molecule has 0 spiro atoms. The Hall–Kier alpha value is -3.32. The topological polar surface area (TPSA) is 67.4 Å². The van der Waals surface area contributed by atoms with Gasteiger partial charge in [-0.15, -0.1) is 0 Å². The molecule has 0 unspecified atom stereocenters. The second kappa shape index (κ2) is 10.6. The van der Waals surface area contributed by atoms with Crippen LogP contribution in [0.3, 0.4) is 0 Å². The van der Waals surface area contributed by atoms with Crippen molar-refractivity contribution in [1.29, 1.82) is 0 Å². The fourth-order valence-electron chi connectivity index (χ4n) is 2.90. The molecule has 2 N–H and O–H groups in total. The Bertz CT molecular complexity index is 1070. The van der Waals surface area contributed by atoms with Gasteiger partial charge in [-0.2, -0.15) is 0 Å². The van der Waals surface area contributed by atoms with E-state index in [1.807, 2.05) is 31.2 Å². The molecule has 160 valence electrons. The fourth-order valence-corrected chi connectivity index (χ4v) is 3.78. The molecule has 0 fully saturated rings. The number of amides is 2. The maximum absolute atomic E-state index is 13.2. The monoisotopic (exact) mass is 438 g/mol. The number of rotatable bonds is 8. The first kappa shape index (κ1) is 22.4. The molecule has 0 atom stereocenters. The molecular weight excluding hydrogens is 415 g/mol. The van der Waals surface area contributed by atoms with Gasteiger partial charge in [0.2, 0.25) is 5.91 Å². The number of hydrogen-bond acceptors (Lipinski definition) is 4. The lowest BCUT2D eigenvalue weighted by Gasteiger charge is -2.13. The number of anilines is 1. The van der Waals surface area contributed by atoms with Gasteiger partial charge in [-0.1, -0.05) is 30.0 Å². The van der Waals surface area contributed by atoms with Crippen molar-refractivity contribution in [3.8, 4) is 5.75 Å². The molecule has 0 bridgehead atoms. The minimum atomic E-state index is -0.315. The van der Waals surface area contributed by atoms with Crippen LogP contribution in [0.1, 0.15) is 29.8 Å². The van der Waals surface area contributed by atoms with Crippen LogP contribution in [-0.4, -0.2) is 18.4 Å². The SMILES string of the molecule is CCOc1ccccc1CNC(=O)c1ccc(Sc2ccc(F)cc2)c(NC(C)=O)c1. The minimum absolute atomic E-state index is 0.246. The van der Waals surface area contributed by atoms with Crippen LogP contribution in [0.4, 0.5) is 10.1 Å². The van der Waals surface area contributed by atoms with Crippen LogP contribution < -0.4 is 15.4 Å². The highest BCUT2D eigenvalue weighted by molar-refractivity contribution is 7.99. The van der Waals surface area contributed by atoms with E-state index in [2.05, 4.69) is 10.6 Å². The molecule has 0 saturated heterocycles. The maximum Gasteiger partial charge on any atom is 0.251 e. The maximum atomic E-state index is 13.2. The van der Waals surface area contributed by atoms with Gasteiger partial charge in [0.15, 0.2) is 0 Å². The zero-order chi connectivity index (χ0) is 22.2. The van der Waals surface area contributed by atoms with Gasteiger partial charge in [0.05, 0.1) is 12.3 Å². The predicted molar refractivity (Wildman–Crippen MR) is 120 cm³/mol. The molecule has 0 aliphatic rings. The molecule has 0 aliphatic heterocycles. The Morgan fingerprint density at radius 3 is 2.48 bits per heavy atom. The normalized spacial score (nSPS) is 10.4. The highest BCUT2D eigenvalue weighted by Crippen LogP contribution is 2.34. The summed E-state index contributed by atoms with van der Waals surface area (Å²) in [5.41, 5.74) is 1.81. The van der Waals surface area contributed by atoms with E-state index in [4.69, 9.17) is 4.74 Å². The van der Waals surface area contributed by atoms with Crippen LogP contribution >= 0.6 is 11.8 Å². The molecule has 0 aromatic heterocycles. The van der Waals surface area contributed by atoms with Gasteiger partial charge in [0, 0.05) is 34.4 Å². The zero-order valence-corrected chi connectivity index (χ0v) is 18.1. The van der Waals surface area contributed by atoms with Crippen LogP contribution in [-0.2, 0) is 11.3 Å². The fraction of sp³-hybridized carbons (Fsp3) is 0.167. The lowest BCUT2D eigenvalue weighted by atomic mass is 10.1.